The number of rotatable bonds is 15. The molecule has 8 heteroatoms. The molecule has 0 radical (unpaired) electrons. The molecule has 8 nitrogen and oxygen atoms in total. The number of aromatic hydroxyl groups is 6. The van der Waals surface area contributed by atoms with E-state index >= 15 is 0 Å². The Balaban J connectivity index is 1.72. The molecule has 0 saturated heterocycles. The predicted molar refractivity (Wildman–Crippen MR) is 166 cm³/mol. The maximum atomic E-state index is 8.10. The zero-order chi connectivity index (χ0) is 37.4. The molecule has 0 aromatic heterocycles. The molecule has 4 atom stereocenters. The largest absolute Gasteiger partial charge is 0.508 e. The van der Waals surface area contributed by atoms with Crippen LogP contribution in [0, 0.1) is 23.7 Å². The van der Waals surface area contributed by atoms with Crippen molar-refractivity contribution < 1.29 is 40.9 Å². The normalized spacial score (nSPS) is 21.0. The van der Waals surface area contributed by atoms with Gasteiger partial charge in [0.1, 0.15) is 34.5 Å². The molecule has 1 aliphatic rings. The van der Waals surface area contributed by atoms with Crippen LogP contribution in [0.15, 0.2) is 72.8 Å². The number of aliphatic hydroxyl groups is 2. The van der Waals surface area contributed by atoms with Gasteiger partial charge in [-0.05, 0) is 132 Å². The van der Waals surface area contributed by atoms with Gasteiger partial charge in [0.2, 0.25) is 8.65 Å². The second-order valence-corrected chi connectivity index (χ2v) is 12.3. The van der Waals surface area contributed by atoms with E-state index in [1.54, 1.807) is 48.5 Å². The lowest BCUT2D eigenvalue weighted by Crippen LogP contribution is -2.33. The molecule has 4 aromatic rings. The molecule has 0 aliphatic heterocycles. The Bertz CT molecular complexity index is 1770. The Hall–Kier alpha value is -4.40. The van der Waals surface area contributed by atoms with Crippen LogP contribution in [0.5, 0.6) is 34.5 Å². The predicted octanol–water partition coefficient (Wildman–Crippen LogP) is 5.58. The highest BCUT2D eigenvalue weighted by atomic mass is 16.5. The van der Waals surface area contributed by atoms with Gasteiger partial charge < -0.3 is 40.9 Å². The Morgan fingerprint density at radius 2 is 1.11 bits per heavy atom. The van der Waals surface area contributed by atoms with Crippen LogP contribution in [0.2, 0.25) is 0 Å². The number of phenolic OH excluding ortho intramolecular Hbond substituents is 6. The average molecular weight is 609 g/mol. The fourth-order valence-electron chi connectivity index (χ4n) is 7.01. The van der Waals surface area contributed by atoms with E-state index < -0.39 is 5.79 Å². The summed E-state index contributed by atoms with van der Waals surface area (Å²) in [6.45, 7) is 4.20. The minimum absolute atomic E-state index is 0.0100. The van der Waals surface area contributed by atoms with Gasteiger partial charge >= 0.3 is 0 Å². The molecular weight excluding hydrogens is 560 g/mol. The summed E-state index contributed by atoms with van der Waals surface area (Å²) in [5, 5.41) is 39.4. The van der Waals surface area contributed by atoms with E-state index in [2.05, 4.69) is 13.8 Å². The molecule has 4 unspecified atom stereocenters. The quantitative estimate of drug-likeness (QED) is 0.0811. The van der Waals surface area contributed by atoms with Gasteiger partial charge in [0.25, 0.3) is 8.59 Å². The van der Waals surface area contributed by atoms with E-state index in [1.165, 1.54) is 24.3 Å². The van der Waals surface area contributed by atoms with Gasteiger partial charge in [-0.2, -0.15) is 0 Å². The molecule has 232 valence electrons. The molecule has 4 aromatic carbocycles. The van der Waals surface area contributed by atoms with Crippen LogP contribution in [-0.4, -0.2) is 52.3 Å². The number of fused-ring (bicyclic) bond motifs is 4. The zero-order valence-corrected chi connectivity index (χ0v) is 24.5. The van der Waals surface area contributed by atoms with Crippen molar-refractivity contribution in [3.05, 3.63) is 106 Å². The van der Waals surface area contributed by atoms with Gasteiger partial charge in [0, 0.05) is 23.3 Å². The van der Waals surface area contributed by atoms with Crippen LogP contribution in [0.1, 0.15) is 53.6 Å². The standard InChI is InChI=1S/C36H40O8/c1-3-25-5-22-6-26(16-28(37)10-22)36(43,44)27-7-23(11-29(38)17-27)15-35(25)34(14-24-12-32(41)19-33(42)13-24)20(2)4-21-8-30(39)18-31(40)9-21/h6-13,16-20,25,34-35,37-44H,3-5,14-15H2,1-2H3/i43D,44D/hD6. The van der Waals surface area contributed by atoms with E-state index in [1.807, 2.05) is 0 Å². The van der Waals surface area contributed by atoms with Crippen molar-refractivity contribution in [1.29, 1.82) is 11.4 Å². The van der Waals surface area contributed by atoms with Crippen LogP contribution < -0.4 is 0 Å². The lowest BCUT2D eigenvalue weighted by atomic mass is 9.67. The Morgan fingerprint density at radius 1 is 0.636 bits per heavy atom. The van der Waals surface area contributed by atoms with Crippen molar-refractivity contribution in [2.24, 2.45) is 23.7 Å². The van der Waals surface area contributed by atoms with Crippen LogP contribution in [0.25, 0.3) is 0 Å². The molecule has 0 fully saturated rings. The highest BCUT2D eigenvalue weighted by Gasteiger charge is 2.36. The minimum atomic E-state index is -2.06. The monoisotopic (exact) mass is 608 g/mol. The Morgan fingerprint density at radius 3 is 1.59 bits per heavy atom. The lowest BCUT2D eigenvalue weighted by molar-refractivity contribution is -0.132. The SMILES string of the molecule is [2H]Oc1cc(CC(C)C(Cc2cc(O[2H])cc(O[2H])c2)C2Cc3cc(O[2H])cc(c3)C(O[2H])(O[2H])c3cc(cc(O[2H])c3)CC2CC)cc(O[2H])c1. The minimum Gasteiger partial charge on any atom is -0.508 e. The van der Waals surface area contributed by atoms with Gasteiger partial charge in [-0.1, -0.05) is 20.3 Å². The van der Waals surface area contributed by atoms with E-state index in [4.69, 9.17) is 52.3 Å². The van der Waals surface area contributed by atoms with Gasteiger partial charge in [-0.25, -0.2) is 0 Å². The molecule has 4 bridgehead atoms. The Labute approximate surface area is 268 Å². The molecule has 0 heterocycles. The fourth-order valence-corrected chi connectivity index (χ4v) is 7.01. The van der Waals surface area contributed by atoms with Crippen molar-refractivity contribution >= 4 is 0 Å². The summed E-state index contributed by atoms with van der Waals surface area (Å²) in [6, 6.07) is 19.8. The summed E-state index contributed by atoms with van der Waals surface area (Å²) in [7, 11) is 0. The molecular formula is C36H40O8. The lowest BCUT2D eigenvalue weighted by Gasteiger charge is -2.38. The van der Waals surface area contributed by atoms with Crippen molar-refractivity contribution in [3.63, 3.8) is 0 Å². The summed E-state index contributed by atoms with van der Waals surface area (Å²) in [6.07, 6.45) is 2.65. The first-order valence-corrected chi connectivity index (χ1v) is 14.8. The summed E-state index contributed by atoms with van der Waals surface area (Å²) < 4.78 is 61.7. The molecule has 1 aliphatic carbocycles. The Kier molecular flexibility index (Phi) is 6.20. The average Bonchev–Trinajstić information content (AvgIpc) is 3.18. The smallest absolute Gasteiger partial charge is 0.293 e. The van der Waals surface area contributed by atoms with Crippen LogP contribution in [0.3, 0.4) is 0 Å². The fraction of sp³-hybridized carbons (Fsp3) is 0.333. The van der Waals surface area contributed by atoms with Crippen molar-refractivity contribution in [3.8, 4) is 34.5 Å². The van der Waals surface area contributed by atoms with Crippen LogP contribution in [0.4, 0.5) is 0 Å². The van der Waals surface area contributed by atoms with Crippen LogP contribution >= 0.6 is 0 Å². The zero-order valence-electron chi connectivity index (χ0n) is 32.5. The first-order valence-electron chi connectivity index (χ1n) is 18.1. The van der Waals surface area contributed by atoms with E-state index in [0.717, 1.165) is 28.7 Å². The maximum absolute atomic E-state index is 8.10. The van der Waals surface area contributed by atoms with E-state index in [0.29, 0.717) is 25.7 Å². The molecule has 0 saturated carbocycles. The third-order valence-corrected chi connectivity index (χ3v) is 8.98. The van der Waals surface area contributed by atoms with Crippen molar-refractivity contribution in [1.82, 2.24) is 0 Å². The summed E-state index contributed by atoms with van der Waals surface area (Å²) >= 11 is 0. The first-order chi connectivity index (χ1) is 25.1. The molecule has 0 spiro atoms. The molecule has 5 rings (SSSR count). The topological polar surface area (TPSA) is 162 Å². The second-order valence-electron chi connectivity index (χ2n) is 12.3. The highest BCUT2D eigenvalue weighted by Crippen LogP contribution is 2.42. The second kappa shape index (κ2) is 12.3. The summed E-state index contributed by atoms with van der Waals surface area (Å²) in [4.78, 5) is 0. The molecule has 44 heavy (non-hydrogen) atoms. The third-order valence-electron chi connectivity index (χ3n) is 8.98. The van der Waals surface area contributed by atoms with E-state index in [9.17, 15) is 0 Å². The third kappa shape index (κ3) is 6.87. The highest BCUT2D eigenvalue weighted by molar-refractivity contribution is 5.45. The summed E-state index contributed by atoms with van der Waals surface area (Å²) in [5.74, 6) is -1.21. The van der Waals surface area contributed by atoms with Gasteiger partial charge in [-0.3, -0.25) is 0 Å². The molecule has 8 N–H and O–H groups in total. The van der Waals surface area contributed by atoms with E-state index in [-0.39, 0.29) is 69.3 Å². The summed E-state index contributed by atoms with van der Waals surface area (Å²) in [5.41, 5.74) is 3.54. The number of phenols is 6. The number of benzene rings is 4. The van der Waals surface area contributed by atoms with Crippen molar-refractivity contribution in [2.45, 2.75) is 51.7 Å². The van der Waals surface area contributed by atoms with Gasteiger partial charge in [0.05, 0.1) is 0 Å². The number of hydrogen-bond acceptors (Lipinski definition) is 8. The maximum Gasteiger partial charge on any atom is 0.293 e. The van der Waals surface area contributed by atoms with Crippen LogP contribution in [-0.2, 0) is 31.5 Å². The molecule has 0 amide bonds. The van der Waals surface area contributed by atoms with Crippen molar-refractivity contribution in [2.75, 3.05) is 0 Å². The number of hydrogen-bond donors (Lipinski definition) is 8. The van der Waals surface area contributed by atoms with Gasteiger partial charge in [0.15, 0.2) is 0 Å². The van der Waals surface area contributed by atoms with Gasteiger partial charge in [-0.15, -0.1) is 0 Å². The first kappa shape index (κ1) is 22.2.